The fourth-order valence-corrected chi connectivity index (χ4v) is 2.54. The highest BCUT2D eigenvalue weighted by Crippen LogP contribution is 2.15. The van der Waals surface area contributed by atoms with E-state index in [4.69, 9.17) is 10.5 Å². The lowest BCUT2D eigenvalue weighted by Gasteiger charge is -2.34. The summed E-state index contributed by atoms with van der Waals surface area (Å²) in [4.78, 5) is 13.8. The van der Waals surface area contributed by atoms with E-state index in [1.54, 1.807) is 0 Å². The van der Waals surface area contributed by atoms with E-state index in [-0.39, 0.29) is 1.43 Å². The fraction of sp³-hybridized carbons (Fsp3) is 0.778. The summed E-state index contributed by atoms with van der Waals surface area (Å²) in [6.07, 6.45) is 4.97. The van der Waals surface area contributed by atoms with E-state index in [0.717, 1.165) is 51.7 Å². The molecular formula is C18H37N5O. The van der Waals surface area contributed by atoms with Gasteiger partial charge in [0.15, 0.2) is 0 Å². The smallest absolute Gasteiger partial charge is 0.225 e. The van der Waals surface area contributed by atoms with Gasteiger partial charge < -0.3 is 15.4 Å². The summed E-state index contributed by atoms with van der Waals surface area (Å²) >= 11 is 0. The van der Waals surface area contributed by atoms with Crippen molar-refractivity contribution in [2.45, 2.75) is 40.0 Å². The second-order valence-electron chi connectivity index (χ2n) is 6.05. The Bertz CT molecular complexity index is 422. The molecule has 6 nitrogen and oxygen atoms in total. The van der Waals surface area contributed by atoms with Crippen molar-refractivity contribution < 1.29 is 6.16 Å². The van der Waals surface area contributed by atoms with Crippen LogP contribution in [0.5, 0.6) is 0 Å². The summed E-state index contributed by atoms with van der Waals surface area (Å²) < 4.78 is 5.41. The van der Waals surface area contributed by atoms with Crippen molar-refractivity contribution in [1.82, 2.24) is 14.9 Å². The largest absolute Gasteiger partial charge is 0.380 e. The van der Waals surface area contributed by atoms with Gasteiger partial charge in [0.1, 0.15) is 0 Å². The van der Waals surface area contributed by atoms with Gasteiger partial charge in [-0.1, -0.05) is 27.7 Å². The lowest BCUT2D eigenvalue weighted by Crippen LogP contribution is -2.47. The SMILES string of the molecule is CC.CC(C)c1cnc(N2CCN(CCCOCCN)CC2)nc1.[HH]. The highest BCUT2D eigenvalue weighted by molar-refractivity contribution is 5.31. The first-order chi connectivity index (χ1) is 11.7. The van der Waals surface area contributed by atoms with Gasteiger partial charge in [0.05, 0.1) is 6.61 Å². The molecule has 1 fully saturated rings. The van der Waals surface area contributed by atoms with Crippen molar-refractivity contribution in [3.63, 3.8) is 0 Å². The van der Waals surface area contributed by atoms with Crippen LogP contribution < -0.4 is 10.6 Å². The average molecular weight is 340 g/mol. The van der Waals surface area contributed by atoms with Gasteiger partial charge in [-0.15, -0.1) is 0 Å². The molecule has 2 N–H and O–H groups in total. The van der Waals surface area contributed by atoms with Crippen molar-refractivity contribution in [2.24, 2.45) is 5.73 Å². The van der Waals surface area contributed by atoms with Crippen LogP contribution in [0, 0.1) is 0 Å². The molecule has 0 unspecified atom stereocenters. The maximum absolute atomic E-state index is 5.41. The zero-order valence-corrected chi connectivity index (χ0v) is 15.9. The van der Waals surface area contributed by atoms with Crippen molar-refractivity contribution in [1.29, 1.82) is 0 Å². The third-order valence-corrected chi connectivity index (χ3v) is 4.01. The molecule has 1 aliphatic rings. The number of nitrogens with zero attached hydrogens (tertiary/aromatic N) is 4. The molecule has 0 spiro atoms. The second kappa shape index (κ2) is 12.2. The molecule has 0 saturated carbocycles. The minimum atomic E-state index is 0. The van der Waals surface area contributed by atoms with Crippen molar-refractivity contribution in [2.75, 3.05) is 57.4 Å². The van der Waals surface area contributed by atoms with Crippen LogP contribution in [-0.4, -0.2) is 67.4 Å². The molecule has 6 heteroatoms. The number of rotatable bonds is 8. The van der Waals surface area contributed by atoms with E-state index in [1.165, 1.54) is 5.56 Å². The minimum absolute atomic E-state index is 0. The lowest BCUT2D eigenvalue weighted by atomic mass is 10.1. The van der Waals surface area contributed by atoms with Gasteiger partial charge in [0, 0.05) is 59.7 Å². The van der Waals surface area contributed by atoms with E-state index in [2.05, 4.69) is 33.6 Å². The van der Waals surface area contributed by atoms with Crippen LogP contribution in [0.2, 0.25) is 0 Å². The van der Waals surface area contributed by atoms with Crippen molar-refractivity contribution in [3.8, 4) is 0 Å². The second-order valence-corrected chi connectivity index (χ2v) is 6.05. The quantitative estimate of drug-likeness (QED) is 0.733. The Kier molecular flexibility index (Phi) is 10.5. The first kappa shape index (κ1) is 20.8. The Labute approximate surface area is 148 Å². The molecule has 24 heavy (non-hydrogen) atoms. The number of hydrogen-bond acceptors (Lipinski definition) is 6. The van der Waals surface area contributed by atoms with Crippen LogP contribution in [0.15, 0.2) is 12.4 Å². The monoisotopic (exact) mass is 339 g/mol. The molecule has 0 atom stereocenters. The van der Waals surface area contributed by atoms with Gasteiger partial charge in [-0.05, 0) is 17.9 Å². The van der Waals surface area contributed by atoms with E-state index in [1.807, 2.05) is 26.2 Å². The van der Waals surface area contributed by atoms with Crippen LogP contribution in [0.4, 0.5) is 5.95 Å². The van der Waals surface area contributed by atoms with Gasteiger partial charge in [-0.25, -0.2) is 9.97 Å². The molecule has 0 radical (unpaired) electrons. The number of aromatic nitrogens is 2. The molecule has 140 valence electrons. The van der Waals surface area contributed by atoms with Crippen LogP contribution in [0.3, 0.4) is 0 Å². The Balaban J connectivity index is 0.00000185. The van der Waals surface area contributed by atoms with E-state index in [9.17, 15) is 0 Å². The summed E-state index contributed by atoms with van der Waals surface area (Å²) in [7, 11) is 0. The van der Waals surface area contributed by atoms with E-state index >= 15 is 0 Å². The van der Waals surface area contributed by atoms with Gasteiger partial charge in [-0.3, -0.25) is 4.90 Å². The van der Waals surface area contributed by atoms with Crippen molar-refractivity contribution in [3.05, 3.63) is 18.0 Å². The average Bonchev–Trinajstić information content (AvgIpc) is 2.64. The summed E-state index contributed by atoms with van der Waals surface area (Å²) in [5.74, 6) is 1.34. The Morgan fingerprint density at radius 3 is 2.29 bits per heavy atom. The first-order valence-corrected chi connectivity index (χ1v) is 9.27. The predicted octanol–water partition coefficient (Wildman–Crippen LogP) is 2.36. The zero-order chi connectivity index (χ0) is 17.8. The molecule has 0 amide bonds. The van der Waals surface area contributed by atoms with Crippen LogP contribution in [0.1, 0.15) is 47.0 Å². The number of anilines is 1. The zero-order valence-electron chi connectivity index (χ0n) is 15.9. The first-order valence-electron chi connectivity index (χ1n) is 9.27. The summed E-state index contributed by atoms with van der Waals surface area (Å²) in [5.41, 5.74) is 6.59. The normalized spacial score (nSPS) is 15.3. The number of nitrogens with two attached hydrogens (primary N) is 1. The third kappa shape index (κ3) is 7.11. The summed E-state index contributed by atoms with van der Waals surface area (Å²) in [5, 5.41) is 0. The molecule has 1 aromatic heterocycles. The highest BCUT2D eigenvalue weighted by Gasteiger charge is 2.18. The maximum atomic E-state index is 5.41. The number of hydrogen-bond donors (Lipinski definition) is 1. The van der Waals surface area contributed by atoms with Gasteiger partial charge in [-0.2, -0.15) is 0 Å². The molecule has 1 saturated heterocycles. The van der Waals surface area contributed by atoms with E-state index in [0.29, 0.717) is 19.1 Å². The molecular weight excluding hydrogens is 302 g/mol. The molecule has 2 rings (SSSR count). The summed E-state index contributed by atoms with van der Waals surface area (Å²) in [6.45, 7) is 15.6. The number of ether oxygens (including phenoxy) is 1. The van der Waals surface area contributed by atoms with Crippen LogP contribution in [0.25, 0.3) is 0 Å². The van der Waals surface area contributed by atoms with Gasteiger partial charge >= 0.3 is 0 Å². The third-order valence-electron chi connectivity index (χ3n) is 4.01. The lowest BCUT2D eigenvalue weighted by molar-refractivity contribution is 0.125. The van der Waals surface area contributed by atoms with Gasteiger partial charge in [0.2, 0.25) is 5.95 Å². The number of piperazine rings is 1. The highest BCUT2D eigenvalue weighted by atomic mass is 16.5. The molecule has 0 aromatic carbocycles. The summed E-state index contributed by atoms with van der Waals surface area (Å²) in [6, 6.07) is 0. The van der Waals surface area contributed by atoms with E-state index < -0.39 is 0 Å². The molecule has 1 aliphatic heterocycles. The molecule has 1 aromatic rings. The van der Waals surface area contributed by atoms with Gasteiger partial charge in [0.25, 0.3) is 0 Å². The fourth-order valence-electron chi connectivity index (χ4n) is 2.54. The Morgan fingerprint density at radius 2 is 1.75 bits per heavy atom. The topological polar surface area (TPSA) is 67.5 Å². The maximum Gasteiger partial charge on any atom is 0.225 e. The Hall–Kier alpha value is -1.24. The molecule has 2 heterocycles. The molecule has 0 bridgehead atoms. The predicted molar refractivity (Wildman–Crippen MR) is 103 cm³/mol. The van der Waals surface area contributed by atoms with Crippen molar-refractivity contribution >= 4 is 5.95 Å². The standard InChI is InChI=1S/C16H29N5O.C2H6.H2/c1-14(2)15-12-18-16(19-13-15)21-8-6-20(7-9-21)5-3-10-22-11-4-17;1-2;/h12-14H,3-11,17H2,1-2H3;1-2H3;1H. The molecule has 0 aliphatic carbocycles. The minimum Gasteiger partial charge on any atom is -0.380 e. The van der Waals surface area contributed by atoms with Crippen LogP contribution in [-0.2, 0) is 4.74 Å². The van der Waals surface area contributed by atoms with Crippen LogP contribution >= 0.6 is 0 Å². The Morgan fingerprint density at radius 1 is 1.12 bits per heavy atom.